The van der Waals surface area contributed by atoms with E-state index in [0.717, 1.165) is 25.0 Å². The number of sulfonamides is 1. The van der Waals surface area contributed by atoms with E-state index in [1.165, 1.54) is 0 Å². The summed E-state index contributed by atoms with van der Waals surface area (Å²) in [6.07, 6.45) is 1.63. The fourth-order valence-corrected chi connectivity index (χ4v) is 2.58. The molecule has 112 valence electrons. The summed E-state index contributed by atoms with van der Waals surface area (Å²) in [5, 5.41) is 7.37. The van der Waals surface area contributed by atoms with Gasteiger partial charge in [-0.1, -0.05) is 24.9 Å². The highest BCUT2D eigenvalue weighted by Crippen LogP contribution is 2.23. The van der Waals surface area contributed by atoms with Crippen molar-refractivity contribution in [3.63, 3.8) is 0 Å². The predicted molar refractivity (Wildman–Crippen MR) is 74.6 cm³/mol. The van der Waals surface area contributed by atoms with Crippen LogP contribution in [0.4, 0.5) is 4.39 Å². The molecule has 0 bridgehead atoms. The number of carbonyl (C=O) groups excluding carboxylic acids is 1. The van der Waals surface area contributed by atoms with Gasteiger partial charge in [-0.3, -0.25) is 4.79 Å². The van der Waals surface area contributed by atoms with Crippen LogP contribution in [-0.2, 0) is 10.0 Å². The summed E-state index contributed by atoms with van der Waals surface area (Å²) in [4.78, 5) is 11.2. The molecule has 0 aliphatic heterocycles. The second-order valence-corrected chi connectivity index (χ2v) is 6.41. The first-order valence-corrected chi connectivity index (χ1v) is 7.92. The highest BCUT2D eigenvalue weighted by atomic mass is 35.5. The molecule has 1 unspecified atom stereocenters. The van der Waals surface area contributed by atoms with E-state index in [-0.39, 0.29) is 16.6 Å². The number of hydrogen-bond acceptors (Lipinski definition) is 3. The largest absolute Gasteiger partial charge is 0.350 e. The predicted octanol–water partition coefficient (Wildman–Crippen LogP) is 2.04. The van der Waals surface area contributed by atoms with Crippen LogP contribution < -0.4 is 10.5 Å². The summed E-state index contributed by atoms with van der Waals surface area (Å²) in [5.74, 6) is -1.66. The van der Waals surface area contributed by atoms with Crippen molar-refractivity contribution in [3.8, 4) is 0 Å². The Balaban J connectivity index is 3.16. The van der Waals surface area contributed by atoms with Crippen molar-refractivity contribution in [1.29, 1.82) is 0 Å². The molecule has 1 amide bonds. The minimum absolute atomic E-state index is 0.105. The number of amides is 1. The maximum absolute atomic E-state index is 13.5. The zero-order valence-corrected chi connectivity index (χ0v) is 12.7. The third kappa shape index (κ3) is 4.16. The van der Waals surface area contributed by atoms with Crippen molar-refractivity contribution in [1.82, 2.24) is 5.32 Å². The Bertz CT molecular complexity index is 619. The SMILES string of the molecule is CCCC(C)NC(=O)c1cc(S(N)(=O)=O)c(F)cc1Cl. The lowest BCUT2D eigenvalue weighted by Gasteiger charge is -2.14. The average Bonchev–Trinajstić information content (AvgIpc) is 2.26. The van der Waals surface area contributed by atoms with Gasteiger partial charge in [0.1, 0.15) is 10.7 Å². The molecule has 5 nitrogen and oxygen atoms in total. The fourth-order valence-electron chi connectivity index (χ4n) is 1.73. The average molecular weight is 323 g/mol. The van der Waals surface area contributed by atoms with E-state index in [9.17, 15) is 17.6 Å². The summed E-state index contributed by atoms with van der Waals surface area (Å²) in [7, 11) is -4.26. The molecule has 0 spiro atoms. The van der Waals surface area contributed by atoms with Gasteiger partial charge in [-0.15, -0.1) is 0 Å². The molecule has 0 aliphatic rings. The lowest BCUT2D eigenvalue weighted by molar-refractivity contribution is 0.0938. The van der Waals surface area contributed by atoms with Crippen LogP contribution in [0.1, 0.15) is 37.0 Å². The number of rotatable bonds is 5. The highest BCUT2D eigenvalue weighted by molar-refractivity contribution is 7.89. The maximum Gasteiger partial charge on any atom is 0.253 e. The molecule has 20 heavy (non-hydrogen) atoms. The lowest BCUT2D eigenvalue weighted by atomic mass is 10.1. The van der Waals surface area contributed by atoms with E-state index in [4.69, 9.17) is 16.7 Å². The minimum atomic E-state index is -4.26. The van der Waals surface area contributed by atoms with Crippen LogP contribution in [0.2, 0.25) is 5.02 Å². The second-order valence-electron chi connectivity index (χ2n) is 4.47. The van der Waals surface area contributed by atoms with Gasteiger partial charge in [-0.25, -0.2) is 17.9 Å². The number of carbonyl (C=O) groups is 1. The molecule has 1 aromatic carbocycles. The number of primary sulfonamides is 1. The molecule has 8 heteroatoms. The highest BCUT2D eigenvalue weighted by Gasteiger charge is 2.21. The van der Waals surface area contributed by atoms with E-state index in [1.54, 1.807) is 6.92 Å². The van der Waals surface area contributed by atoms with Crippen LogP contribution in [0.25, 0.3) is 0 Å². The molecule has 3 N–H and O–H groups in total. The zero-order chi connectivity index (χ0) is 15.5. The number of hydrogen-bond donors (Lipinski definition) is 2. The number of halogens is 2. The Hall–Kier alpha value is -1.18. The van der Waals surface area contributed by atoms with Crippen molar-refractivity contribution in [2.45, 2.75) is 37.6 Å². The Morgan fingerprint density at radius 2 is 2.10 bits per heavy atom. The van der Waals surface area contributed by atoms with Gasteiger partial charge in [0.2, 0.25) is 10.0 Å². The maximum atomic E-state index is 13.5. The van der Waals surface area contributed by atoms with E-state index in [0.29, 0.717) is 0 Å². The first kappa shape index (κ1) is 16.9. The molecule has 0 heterocycles. The van der Waals surface area contributed by atoms with E-state index in [2.05, 4.69) is 5.32 Å². The Kier molecular flexibility index (Phi) is 5.50. The summed E-state index contributed by atoms with van der Waals surface area (Å²) in [5.41, 5.74) is -0.125. The summed E-state index contributed by atoms with van der Waals surface area (Å²) >= 11 is 5.77. The molecule has 0 saturated carbocycles. The van der Waals surface area contributed by atoms with E-state index in [1.807, 2.05) is 6.92 Å². The third-order valence-corrected chi connectivity index (χ3v) is 3.91. The van der Waals surface area contributed by atoms with Crippen molar-refractivity contribution >= 4 is 27.5 Å². The molecule has 0 saturated heterocycles. The Labute approximate surface area is 122 Å². The molecular weight excluding hydrogens is 307 g/mol. The normalized spacial score (nSPS) is 13.1. The quantitative estimate of drug-likeness (QED) is 0.869. The van der Waals surface area contributed by atoms with Crippen molar-refractivity contribution in [3.05, 3.63) is 28.5 Å². The Morgan fingerprint density at radius 1 is 1.50 bits per heavy atom. The molecule has 1 atom stereocenters. The summed E-state index contributed by atoms with van der Waals surface area (Å²) in [6.45, 7) is 3.77. The first-order chi connectivity index (χ1) is 9.16. The smallest absolute Gasteiger partial charge is 0.253 e. The van der Waals surface area contributed by atoms with Gasteiger partial charge < -0.3 is 5.32 Å². The zero-order valence-electron chi connectivity index (χ0n) is 11.1. The second kappa shape index (κ2) is 6.51. The van der Waals surface area contributed by atoms with Crippen LogP contribution >= 0.6 is 11.6 Å². The van der Waals surface area contributed by atoms with Gasteiger partial charge in [0.15, 0.2) is 0 Å². The number of benzene rings is 1. The van der Waals surface area contributed by atoms with Gasteiger partial charge in [-0.05, 0) is 25.5 Å². The minimum Gasteiger partial charge on any atom is -0.350 e. The van der Waals surface area contributed by atoms with E-state index < -0.39 is 26.6 Å². The van der Waals surface area contributed by atoms with Gasteiger partial charge >= 0.3 is 0 Å². The Morgan fingerprint density at radius 3 is 2.60 bits per heavy atom. The lowest BCUT2D eigenvalue weighted by Crippen LogP contribution is -2.32. The van der Waals surface area contributed by atoms with Gasteiger partial charge in [-0.2, -0.15) is 0 Å². The van der Waals surface area contributed by atoms with Crippen molar-refractivity contribution in [2.75, 3.05) is 0 Å². The molecular formula is C12H16ClFN2O3S. The van der Waals surface area contributed by atoms with Crippen LogP contribution in [0.3, 0.4) is 0 Å². The summed E-state index contributed by atoms with van der Waals surface area (Å²) in [6, 6.07) is 1.51. The molecule has 0 aromatic heterocycles. The molecule has 0 fully saturated rings. The van der Waals surface area contributed by atoms with Gasteiger partial charge in [0, 0.05) is 6.04 Å². The van der Waals surface area contributed by atoms with Gasteiger partial charge in [0.25, 0.3) is 5.91 Å². The van der Waals surface area contributed by atoms with Crippen LogP contribution in [-0.4, -0.2) is 20.4 Å². The molecule has 1 aromatic rings. The molecule has 0 aliphatic carbocycles. The van der Waals surface area contributed by atoms with Gasteiger partial charge in [0.05, 0.1) is 10.6 Å². The number of nitrogens with two attached hydrogens (primary N) is 1. The standard InChI is InChI=1S/C12H16ClFN2O3S/c1-3-4-7(2)16-12(17)8-5-11(20(15,18)19)10(14)6-9(8)13/h5-7H,3-4H2,1-2H3,(H,16,17)(H2,15,18,19). The van der Waals surface area contributed by atoms with E-state index >= 15 is 0 Å². The third-order valence-electron chi connectivity index (χ3n) is 2.67. The first-order valence-electron chi connectivity index (χ1n) is 5.99. The molecule has 0 radical (unpaired) electrons. The fraction of sp³-hybridized carbons (Fsp3) is 0.417. The monoisotopic (exact) mass is 322 g/mol. The molecule has 1 rings (SSSR count). The van der Waals surface area contributed by atoms with Crippen LogP contribution in [0.15, 0.2) is 17.0 Å². The summed E-state index contributed by atoms with van der Waals surface area (Å²) < 4.78 is 36.0. The van der Waals surface area contributed by atoms with Crippen LogP contribution in [0, 0.1) is 5.82 Å². The number of nitrogens with one attached hydrogen (secondary N) is 1. The van der Waals surface area contributed by atoms with Crippen molar-refractivity contribution in [2.24, 2.45) is 5.14 Å². The topological polar surface area (TPSA) is 89.3 Å². The van der Waals surface area contributed by atoms with Crippen molar-refractivity contribution < 1.29 is 17.6 Å². The van der Waals surface area contributed by atoms with Crippen LogP contribution in [0.5, 0.6) is 0 Å².